The molecule has 2 aromatic heterocycles. The van der Waals surface area contributed by atoms with Gasteiger partial charge in [-0.2, -0.15) is 5.10 Å². The summed E-state index contributed by atoms with van der Waals surface area (Å²) >= 11 is 6.03. The minimum atomic E-state index is -0.0532. The summed E-state index contributed by atoms with van der Waals surface area (Å²) in [7, 11) is 0. The second kappa shape index (κ2) is 4.61. The maximum atomic E-state index is 7.72. The lowest BCUT2D eigenvalue weighted by molar-refractivity contribution is 0.835. The van der Waals surface area contributed by atoms with Gasteiger partial charge in [0.2, 0.25) is 0 Å². The molecule has 0 amide bonds. The van der Waals surface area contributed by atoms with E-state index in [9.17, 15) is 0 Å². The zero-order chi connectivity index (χ0) is 14.3. The lowest BCUT2D eigenvalue weighted by Gasteiger charge is -2.09. The van der Waals surface area contributed by atoms with E-state index in [0.717, 1.165) is 10.9 Å². The van der Waals surface area contributed by atoms with E-state index < -0.39 is 0 Å². The highest BCUT2D eigenvalue weighted by Crippen LogP contribution is 2.21. The molecule has 0 saturated heterocycles. The highest BCUT2D eigenvalue weighted by Gasteiger charge is 2.13. The van der Waals surface area contributed by atoms with Gasteiger partial charge in [0.05, 0.1) is 28.0 Å². The lowest BCUT2D eigenvalue weighted by atomic mass is 10.1. The summed E-state index contributed by atoms with van der Waals surface area (Å²) in [5.41, 5.74) is 7.71. The predicted molar refractivity (Wildman–Crippen MR) is 79.6 cm³/mol. The van der Waals surface area contributed by atoms with Gasteiger partial charge >= 0.3 is 0 Å². The minimum Gasteiger partial charge on any atom is -0.384 e. The molecule has 0 radical (unpaired) electrons. The molecule has 0 unspecified atom stereocenters. The van der Waals surface area contributed by atoms with Gasteiger partial charge < -0.3 is 5.73 Å². The highest BCUT2D eigenvalue weighted by molar-refractivity contribution is 6.31. The van der Waals surface area contributed by atoms with E-state index in [1.807, 2.05) is 37.3 Å². The Morgan fingerprint density at radius 2 is 2.10 bits per heavy atom. The van der Waals surface area contributed by atoms with Crippen molar-refractivity contribution in [3.63, 3.8) is 0 Å². The Bertz CT molecular complexity index is 802. The van der Waals surface area contributed by atoms with Crippen LogP contribution in [0, 0.1) is 12.3 Å². The molecule has 3 rings (SSSR count). The molecule has 0 fully saturated rings. The molecule has 0 atom stereocenters. The van der Waals surface area contributed by atoms with E-state index in [-0.39, 0.29) is 5.84 Å². The summed E-state index contributed by atoms with van der Waals surface area (Å²) in [6.45, 7) is 1.81. The first kappa shape index (κ1) is 12.6. The van der Waals surface area contributed by atoms with Gasteiger partial charge in [-0.15, -0.1) is 0 Å². The third kappa shape index (κ3) is 2.02. The number of rotatable bonds is 2. The molecule has 0 aliphatic heterocycles. The Labute approximate surface area is 120 Å². The fraction of sp³-hybridized carbons (Fsp3) is 0.0714. The van der Waals surface area contributed by atoms with Crippen molar-refractivity contribution in [2.45, 2.75) is 6.92 Å². The van der Waals surface area contributed by atoms with Crippen LogP contribution in [0.5, 0.6) is 0 Å². The number of pyridine rings is 1. The van der Waals surface area contributed by atoms with E-state index in [2.05, 4.69) is 10.1 Å². The van der Waals surface area contributed by atoms with Crippen molar-refractivity contribution in [3.05, 3.63) is 52.8 Å². The number of hydrogen-bond donors (Lipinski definition) is 2. The first-order valence-electron chi connectivity index (χ1n) is 6.02. The van der Waals surface area contributed by atoms with Crippen LogP contribution in [0.2, 0.25) is 5.02 Å². The number of nitrogen functional groups attached to an aromatic ring is 1. The zero-order valence-corrected chi connectivity index (χ0v) is 11.5. The van der Waals surface area contributed by atoms with Crippen molar-refractivity contribution in [1.29, 1.82) is 5.41 Å². The smallest absolute Gasteiger partial charge is 0.164 e. The SMILES string of the molecule is Cc1nn(-c2nc3ccccc3cc2C(=N)N)cc1Cl. The number of para-hydroxylation sites is 1. The van der Waals surface area contributed by atoms with Gasteiger partial charge in [-0.1, -0.05) is 29.8 Å². The van der Waals surface area contributed by atoms with Crippen molar-refractivity contribution < 1.29 is 0 Å². The lowest BCUT2D eigenvalue weighted by Crippen LogP contribution is -2.16. The van der Waals surface area contributed by atoms with Gasteiger partial charge in [0.25, 0.3) is 0 Å². The summed E-state index contributed by atoms with van der Waals surface area (Å²) in [5.74, 6) is 0.453. The fourth-order valence-corrected chi connectivity index (χ4v) is 2.16. The average molecular weight is 286 g/mol. The molecule has 0 aliphatic carbocycles. The van der Waals surface area contributed by atoms with Crippen LogP contribution in [0.3, 0.4) is 0 Å². The van der Waals surface area contributed by atoms with E-state index in [0.29, 0.717) is 22.1 Å². The quantitative estimate of drug-likeness (QED) is 0.561. The summed E-state index contributed by atoms with van der Waals surface area (Å²) in [5, 5.41) is 13.5. The van der Waals surface area contributed by atoms with Crippen molar-refractivity contribution in [2.24, 2.45) is 5.73 Å². The number of aryl methyl sites for hydroxylation is 1. The Kier molecular flexibility index (Phi) is 2.91. The first-order valence-corrected chi connectivity index (χ1v) is 6.40. The number of nitrogens with zero attached hydrogens (tertiary/aromatic N) is 3. The van der Waals surface area contributed by atoms with Gasteiger partial charge in [0.15, 0.2) is 5.82 Å². The van der Waals surface area contributed by atoms with Gasteiger partial charge in [-0.25, -0.2) is 9.67 Å². The molecule has 3 aromatic rings. The zero-order valence-electron chi connectivity index (χ0n) is 10.8. The van der Waals surface area contributed by atoms with Crippen molar-refractivity contribution in [1.82, 2.24) is 14.8 Å². The Hall–Kier alpha value is -2.40. The van der Waals surface area contributed by atoms with E-state index in [1.165, 1.54) is 0 Å². The predicted octanol–water partition coefficient (Wildman–Crippen LogP) is 2.67. The van der Waals surface area contributed by atoms with E-state index in [4.69, 9.17) is 22.7 Å². The van der Waals surface area contributed by atoms with E-state index >= 15 is 0 Å². The third-order valence-electron chi connectivity index (χ3n) is 3.05. The number of halogens is 1. The maximum Gasteiger partial charge on any atom is 0.164 e. The average Bonchev–Trinajstić information content (AvgIpc) is 2.77. The molecule has 0 aliphatic rings. The molecule has 100 valence electrons. The molecule has 20 heavy (non-hydrogen) atoms. The summed E-state index contributed by atoms with van der Waals surface area (Å²) in [4.78, 5) is 4.54. The van der Waals surface area contributed by atoms with Gasteiger partial charge in [0, 0.05) is 5.39 Å². The molecule has 3 N–H and O–H groups in total. The first-order chi connectivity index (χ1) is 9.56. The largest absolute Gasteiger partial charge is 0.384 e. The van der Waals surface area contributed by atoms with E-state index in [1.54, 1.807) is 10.9 Å². The van der Waals surface area contributed by atoms with Crippen LogP contribution in [-0.2, 0) is 0 Å². The second-order valence-electron chi connectivity index (χ2n) is 4.47. The molecule has 5 nitrogen and oxygen atoms in total. The van der Waals surface area contributed by atoms with Crippen LogP contribution in [0.25, 0.3) is 16.7 Å². The number of nitrogens with two attached hydrogens (primary N) is 1. The summed E-state index contributed by atoms with van der Waals surface area (Å²) < 4.78 is 1.56. The minimum absolute atomic E-state index is 0.0532. The van der Waals surface area contributed by atoms with Crippen molar-refractivity contribution in [2.75, 3.05) is 0 Å². The van der Waals surface area contributed by atoms with Crippen LogP contribution >= 0.6 is 11.6 Å². The Morgan fingerprint density at radius 1 is 1.35 bits per heavy atom. The molecule has 1 aromatic carbocycles. The summed E-state index contributed by atoms with van der Waals surface area (Å²) in [6.07, 6.45) is 1.67. The van der Waals surface area contributed by atoms with Crippen LogP contribution in [0.1, 0.15) is 11.3 Å². The number of aromatic nitrogens is 3. The molecule has 0 spiro atoms. The van der Waals surface area contributed by atoms with Crippen molar-refractivity contribution >= 4 is 28.3 Å². The highest BCUT2D eigenvalue weighted by atomic mass is 35.5. The molecular weight excluding hydrogens is 274 g/mol. The normalized spacial score (nSPS) is 10.9. The second-order valence-corrected chi connectivity index (χ2v) is 4.88. The van der Waals surface area contributed by atoms with Crippen LogP contribution in [0.4, 0.5) is 0 Å². The monoisotopic (exact) mass is 285 g/mol. The molecule has 6 heteroatoms. The van der Waals surface area contributed by atoms with Gasteiger partial charge in [0.1, 0.15) is 5.84 Å². The Balaban J connectivity index is 2.32. The molecule has 0 saturated carbocycles. The number of benzene rings is 1. The summed E-state index contributed by atoms with van der Waals surface area (Å²) in [6, 6.07) is 9.50. The molecule has 0 bridgehead atoms. The fourth-order valence-electron chi connectivity index (χ4n) is 2.03. The number of amidine groups is 1. The topological polar surface area (TPSA) is 80.6 Å². The van der Waals surface area contributed by atoms with Crippen LogP contribution in [-0.4, -0.2) is 20.6 Å². The van der Waals surface area contributed by atoms with Gasteiger partial charge in [-0.3, -0.25) is 5.41 Å². The molecular formula is C14H12ClN5. The van der Waals surface area contributed by atoms with Crippen molar-refractivity contribution in [3.8, 4) is 5.82 Å². The van der Waals surface area contributed by atoms with Gasteiger partial charge in [-0.05, 0) is 19.1 Å². The standard InChI is InChI=1S/C14H12ClN5/c1-8-11(15)7-20(19-8)14-10(13(16)17)6-9-4-2-3-5-12(9)18-14/h2-7H,1H3,(H3,16,17). The number of hydrogen-bond acceptors (Lipinski definition) is 3. The Morgan fingerprint density at radius 3 is 2.75 bits per heavy atom. The number of nitrogens with one attached hydrogen (secondary N) is 1. The van der Waals surface area contributed by atoms with Crippen LogP contribution in [0.15, 0.2) is 36.5 Å². The number of fused-ring (bicyclic) bond motifs is 1. The molecule has 2 heterocycles. The maximum absolute atomic E-state index is 7.72. The third-order valence-corrected chi connectivity index (χ3v) is 3.42. The van der Waals surface area contributed by atoms with Crippen LogP contribution < -0.4 is 5.73 Å².